The lowest BCUT2D eigenvalue weighted by atomic mass is 9.90. The standard InChI is InChI=1S/C15H27NO3/c1-12(2)13(16-7-5-4-6-8-16)14(17)19-11-15(3)9-18-10-15/h12-13H,4-11H2,1-3H3/t13-/m0/s1. The minimum atomic E-state index is -0.0788. The maximum absolute atomic E-state index is 12.4. The summed E-state index contributed by atoms with van der Waals surface area (Å²) < 4.78 is 10.8. The van der Waals surface area contributed by atoms with Crippen LogP contribution in [0.4, 0.5) is 0 Å². The number of rotatable bonds is 5. The molecule has 4 nitrogen and oxygen atoms in total. The van der Waals surface area contributed by atoms with Gasteiger partial charge in [-0.25, -0.2) is 0 Å². The number of ether oxygens (including phenoxy) is 2. The molecule has 4 heteroatoms. The monoisotopic (exact) mass is 269 g/mol. The summed E-state index contributed by atoms with van der Waals surface area (Å²) in [5.41, 5.74) is 0.0408. The van der Waals surface area contributed by atoms with Gasteiger partial charge in [-0.1, -0.05) is 27.2 Å². The molecule has 0 aliphatic carbocycles. The van der Waals surface area contributed by atoms with Gasteiger partial charge < -0.3 is 9.47 Å². The first-order chi connectivity index (χ1) is 9.02. The largest absolute Gasteiger partial charge is 0.464 e. The molecule has 0 saturated carbocycles. The quantitative estimate of drug-likeness (QED) is 0.716. The van der Waals surface area contributed by atoms with Crippen molar-refractivity contribution in [3.63, 3.8) is 0 Å². The molecule has 19 heavy (non-hydrogen) atoms. The summed E-state index contributed by atoms with van der Waals surface area (Å²) in [7, 11) is 0. The normalized spacial score (nSPS) is 24.8. The van der Waals surface area contributed by atoms with E-state index in [9.17, 15) is 4.79 Å². The Hall–Kier alpha value is -0.610. The molecule has 0 N–H and O–H groups in total. The molecule has 0 amide bonds. The minimum Gasteiger partial charge on any atom is -0.464 e. The van der Waals surface area contributed by atoms with Crippen molar-refractivity contribution in [1.82, 2.24) is 4.90 Å². The van der Waals surface area contributed by atoms with E-state index in [4.69, 9.17) is 9.47 Å². The van der Waals surface area contributed by atoms with Crippen LogP contribution in [0.15, 0.2) is 0 Å². The molecule has 2 aliphatic heterocycles. The van der Waals surface area contributed by atoms with E-state index in [1.807, 2.05) is 0 Å². The van der Waals surface area contributed by atoms with Crippen LogP contribution in [0.25, 0.3) is 0 Å². The van der Waals surface area contributed by atoms with Crippen molar-refractivity contribution in [2.45, 2.75) is 46.1 Å². The second kappa shape index (κ2) is 6.23. The Labute approximate surface area is 116 Å². The first kappa shape index (κ1) is 14.8. The van der Waals surface area contributed by atoms with Crippen molar-refractivity contribution < 1.29 is 14.3 Å². The second-order valence-electron chi connectivity index (χ2n) is 6.70. The molecule has 0 unspecified atom stereocenters. The molecule has 0 radical (unpaired) electrons. The Morgan fingerprint density at radius 1 is 1.26 bits per heavy atom. The topological polar surface area (TPSA) is 38.8 Å². The molecule has 1 atom stereocenters. The third-order valence-electron chi connectivity index (χ3n) is 4.12. The van der Waals surface area contributed by atoms with Crippen molar-refractivity contribution in [3.8, 4) is 0 Å². The summed E-state index contributed by atoms with van der Waals surface area (Å²) in [5, 5.41) is 0. The Kier molecular flexibility index (Phi) is 4.85. The summed E-state index contributed by atoms with van der Waals surface area (Å²) in [5.74, 6) is 0.251. The van der Waals surface area contributed by atoms with Gasteiger partial charge >= 0.3 is 5.97 Å². The van der Waals surface area contributed by atoms with Crippen LogP contribution >= 0.6 is 0 Å². The van der Waals surface area contributed by atoms with E-state index < -0.39 is 0 Å². The fraction of sp³-hybridized carbons (Fsp3) is 0.933. The third-order valence-corrected chi connectivity index (χ3v) is 4.12. The average Bonchev–Trinajstić information content (AvgIpc) is 2.35. The number of hydrogen-bond donors (Lipinski definition) is 0. The summed E-state index contributed by atoms with van der Waals surface area (Å²) in [4.78, 5) is 14.7. The summed E-state index contributed by atoms with van der Waals surface area (Å²) >= 11 is 0. The Bertz CT molecular complexity index is 307. The SMILES string of the molecule is CC(C)[C@@H](C(=O)OCC1(C)COC1)N1CCCCC1. The molecular formula is C15H27NO3. The fourth-order valence-corrected chi connectivity index (χ4v) is 2.90. The van der Waals surface area contributed by atoms with E-state index in [-0.39, 0.29) is 17.4 Å². The highest BCUT2D eigenvalue weighted by molar-refractivity contribution is 5.76. The first-order valence-corrected chi connectivity index (χ1v) is 7.50. The van der Waals surface area contributed by atoms with Gasteiger partial charge in [0.05, 0.1) is 13.2 Å². The first-order valence-electron chi connectivity index (χ1n) is 7.50. The minimum absolute atomic E-state index is 0.0408. The molecule has 2 rings (SSSR count). The Morgan fingerprint density at radius 3 is 2.37 bits per heavy atom. The highest BCUT2D eigenvalue weighted by Crippen LogP contribution is 2.27. The second-order valence-corrected chi connectivity index (χ2v) is 6.70. The lowest BCUT2D eigenvalue weighted by Gasteiger charge is -2.39. The van der Waals surface area contributed by atoms with Gasteiger partial charge in [-0.15, -0.1) is 0 Å². The van der Waals surface area contributed by atoms with Gasteiger partial charge in [0, 0.05) is 5.41 Å². The predicted molar refractivity (Wildman–Crippen MR) is 73.9 cm³/mol. The maximum Gasteiger partial charge on any atom is 0.323 e. The lowest BCUT2D eigenvalue weighted by molar-refractivity contribution is -0.172. The van der Waals surface area contributed by atoms with E-state index in [1.165, 1.54) is 19.3 Å². The van der Waals surface area contributed by atoms with Gasteiger partial charge in [-0.2, -0.15) is 0 Å². The van der Waals surface area contributed by atoms with Crippen LogP contribution in [-0.4, -0.2) is 49.8 Å². The van der Waals surface area contributed by atoms with E-state index in [0.717, 1.165) is 13.1 Å². The molecule has 0 spiro atoms. The zero-order valence-corrected chi connectivity index (χ0v) is 12.5. The Morgan fingerprint density at radius 2 is 1.89 bits per heavy atom. The van der Waals surface area contributed by atoms with Gasteiger partial charge in [0.2, 0.25) is 0 Å². The number of esters is 1. The number of carbonyl (C=O) groups is 1. The smallest absolute Gasteiger partial charge is 0.323 e. The third kappa shape index (κ3) is 3.69. The van der Waals surface area contributed by atoms with Crippen molar-refractivity contribution in [2.75, 3.05) is 32.9 Å². The van der Waals surface area contributed by atoms with Crippen LogP contribution in [0.1, 0.15) is 40.0 Å². The molecule has 0 aromatic rings. The molecular weight excluding hydrogens is 242 g/mol. The zero-order valence-electron chi connectivity index (χ0n) is 12.5. The molecule has 0 bridgehead atoms. The molecule has 0 aromatic heterocycles. The highest BCUT2D eigenvalue weighted by atomic mass is 16.5. The fourth-order valence-electron chi connectivity index (χ4n) is 2.90. The van der Waals surface area contributed by atoms with E-state index in [2.05, 4.69) is 25.7 Å². The van der Waals surface area contributed by atoms with Crippen LogP contribution < -0.4 is 0 Å². The highest BCUT2D eigenvalue weighted by Gasteiger charge is 2.37. The molecule has 110 valence electrons. The molecule has 2 heterocycles. The van der Waals surface area contributed by atoms with Crippen LogP contribution in [0, 0.1) is 11.3 Å². The van der Waals surface area contributed by atoms with Gasteiger partial charge in [0.25, 0.3) is 0 Å². The van der Waals surface area contributed by atoms with Gasteiger partial charge in [-0.3, -0.25) is 9.69 Å². The maximum atomic E-state index is 12.4. The average molecular weight is 269 g/mol. The molecule has 0 aromatic carbocycles. The van der Waals surface area contributed by atoms with Gasteiger partial charge in [0.15, 0.2) is 0 Å². The van der Waals surface area contributed by atoms with Crippen molar-refractivity contribution >= 4 is 5.97 Å². The van der Waals surface area contributed by atoms with Crippen LogP contribution in [-0.2, 0) is 14.3 Å². The molecule has 2 aliphatic rings. The Balaban J connectivity index is 1.88. The van der Waals surface area contributed by atoms with Gasteiger partial charge in [-0.05, 0) is 31.8 Å². The predicted octanol–water partition coefficient (Wildman–Crippen LogP) is 2.08. The van der Waals surface area contributed by atoms with E-state index in [0.29, 0.717) is 25.7 Å². The van der Waals surface area contributed by atoms with E-state index >= 15 is 0 Å². The van der Waals surface area contributed by atoms with Crippen LogP contribution in [0.5, 0.6) is 0 Å². The number of carbonyl (C=O) groups excluding carboxylic acids is 1. The summed E-state index contributed by atoms with van der Waals surface area (Å²) in [6.45, 7) is 10.3. The van der Waals surface area contributed by atoms with Crippen molar-refractivity contribution in [2.24, 2.45) is 11.3 Å². The number of likely N-dealkylation sites (tertiary alicyclic amines) is 1. The number of piperidine rings is 1. The summed E-state index contributed by atoms with van der Waals surface area (Å²) in [6.07, 6.45) is 3.68. The van der Waals surface area contributed by atoms with Crippen molar-refractivity contribution in [1.29, 1.82) is 0 Å². The number of hydrogen-bond acceptors (Lipinski definition) is 4. The van der Waals surface area contributed by atoms with Crippen molar-refractivity contribution in [3.05, 3.63) is 0 Å². The van der Waals surface area contributed by atoms with Crippen LogP contribution in [0.3, 0.4) is 0 Å². The molecule has 2 fully saturated rings. The zero-order chi connectivity index (χ0) is 13.9. The number of nitrogens with zero attached hydrogens (tertiary/aromatic N) is 1. The lowest BCUT2D eigenvalue weighted by Crippen LogP contribution is -2.50. The van der Waals surface area contributed by atoms with Crippen LogP contribution in [0.2, 0.25) is 0 Å². The summed E-state index contributed by atoms with van der Waals surface area (Å²) in [6, 6.07) is -0.0788. The molecule has 2 saturated heterocycles. The van der Waals surface area contributed by atoms with E-state index in [1.54, 1.807) is 0 Å². The van der Waals surface area contributed by atoms with Gasteiger partial charge in [0.1, 0.15) is 12.6 Å².